The number of halogens is 3. The Bertz CT molecular complexity index is 1300. The van der Waals surface area contributed by atoms with Crippen molar-refractivity contribution in [2.24, 2.45) is 0 Å². The Morgan fingerprint density at radius 1 is 0.758 bits per heavy atom. The number of hydrogen-bond acceptors (Lipinski definition) is 4. The van der Waals surface area contributed by atoms with Crippen molar-refractivity contribution in [3.63, 3.8) is 0 Å². The van der Waals surface area contributed by atoms with Crippen molar-refractivity contribution in [2.45, 2.75) is 6.18 Å². The summed E-state index contributed by atoms with van der Waals surface area (Å²) in [6.45, 7) is 0. The number of hydrogen-bond donors (Lipinski definition) is 1. The largest absolute Gasteiger partial charge is 0.432 e. The van der Waals surface area contributed by atoms with Gasteiger partial charge in [0.1, 0.15) is 11.4 Å². The highest BCUT2D eigenvalue weighted by atomic mass is 32.1. The molecule has 4 nitrogen and oxygen atoms in total. The van der Waals surface area contributed by atoms with Crippen LogP contribution in [-0.4, -0.2) is 15.2 Å². The summed E-state index contributed by atoms with van der Waals surface area (Å²) in [6.07, 6.45) is -2.82. The first-order valence-electron chi connectivity index (χ1n) is 10.1. The van der Waals surface area contributed by atoms with E-state index >= 15 is 0 Å². The maximum atomic E-state index is 12.8. The van der Waals surface area contributed by atoms with Gasteiger partial charge in [0, 0.05) is 33.4 Å². The second-order valence-corrected chi connectivity index (χ2v) is 8.18. The normalized spacial score (nSPS) is 11.5. The molecule has 0 fully saturated rings. The molecule has 5 aromatic rings. The molecule has 0 bridgehead atoms. The van der Waals surface area contributed by atoms with Crippen LogP contribution in [0.25, 0.3) is 21.8 Å². The SMILES string of the molecule is FC(F)(F)c1cc(-c2ccc(-c3cc(N(c4ccccc4)c4ccccc4)cs3)cn2)n[nH]1. The van der Waals surface area contributed by atoms with E-state index in [1.807, 2.05) is 47.6 Å². The van der Waals surface area contributed by atoms with Gasteiger partial charge in [-0.05, 0) is 48.5 Å². The fourth-order valence-corrected chi connectivity index (χ4v) is 4.35. The number of pyridine rings is 1. The number of anilines is 3. The average Bonchev–Trinajstić information content (AvgIpc) is 3.52. The number of aromatic amines is 1. The zero-order valence-corrected chi connectivity index (χ0v) is 17.9. The Labute approximate surface area is 192 Å². The van der Waals surface area contributed by atoms with Gasteiger partial charge in [0.25, 0.3) is 0 Å². The van der Waals surface area contributed by atoms with E-state index in [2.05, 4.69) is 50.7 Å². The first-order valence-corrected chi connectivity index (χ1v) is 11.0. The zero-order chi connectivity index (χ0) is 22.8. The number of thiophene rings is 1. The summed E-state index contributed by atoms with van der Waals surface area (Å²) in [5.74, 6) is 0. The second-order valence-electron chi connectivity index (χ2n) is 7.27. The Kier molecular flexibility index (Phi) is 5.43. The molecule has 3 aromatic heterocycles. The third kappa shape index (κ3) is 4.38. The third-order valence-electron chi connectivity index (χ3n) is 5.07. The zero-order valence-electron chi connectivity index (χ0n) is 17.1. The van der Waals surface area contributed by atoms with Crippen LogP contribution >= 0.6 is 11.3 Å². The van der Waals surface area contributed by atoms with Gasteiger partial charge in [-0.3, -0.25) is 10.1 Å². The minimum atomic E-state index is -4.47. The topological polar surface area (TPSA) is 44.8 Å². The van der Waals surface area contributed by atoms with Crippen LogP contribution in [0.15, 0.2) is 96.5 Å². The number of aromatic nitrogens is 3. The van der Waals surface area contributed by atoms with Gasteiger partial charge in [-0.1, -0.05) is 36.4 Å². The summed E-state index contributed by atoms with van der Waals surface area (Å²) in [7, 11) is 0. The highest BCUT2D eigenvalue weighted by Gasteiger charge is 2.33. The number of benzene rings is 2. The molecule has 0 aliphatic heterocycles. The fraction of sp³-hybridized carbons (Fsp3) is 0.0400. The number of para-hydroxylation sites is 2. The monoisotopic (exact) mass is 462 g/mol. The summed E-state index contributed by atoms with van der Waals surface area (Å²) < 4.78 is 38.5. The van der Waals surface area contributed by atoms with E-state index in [9.17, 15) is 13.2 Å². The smallest absolute Gasteiger partial charge is 0.310 e. The third-order valence-corrected chi connectivity index (χ3v) is 6.03. The van der Waals surface area contributed by atoms with Crippen LogP contribution in [0.4, 0.5) is 30.2 Å². The van der Waals surface area contributed by atoms with E-state index in [0.717, 1.165) is 33.6 Å². The molecule has 5 rings (SSSR count). The maximum Gasteiger partial charge on any atom is 0.432 e. The van der Waals surface area contributed by atoms with Gasteiger partial charge in [-0.2, -0.15) is 18.3 Å². The molecule has 2 aromatic carbocycles. The van der Waals surface area contributed by atoms with E-state index in [1.165, 1.54) is 0 Å². The molecule has 0 amide bonds. The van der Waals surface area contributed by atoms with Crippen LogP contribution in [0, 0.1) is 0 Å². The minimum absolute atomic E-state index is 0.153. The summed E-state index contributed by atoms with van der Waals surface area (Å²) in [6, 6.07) is 26.7. The molecule has 8 heteroatoms. The lowest BCUT2D eigenvalue weighted by Gasteiger charge is -2.23. The Morgan fingerprint density at radius 3 is 1.97 bits per heavy atom. The highest BCUT2D eigenvalue weighted by molar-refractivity contribution is 7.14. The van der Waals surface area contributed by atoms with E-state index < -0.39 is 11.9 Å². The first-order chi connectivity index (χ1) is 16.0. The van der Waals surface area contributed by atoms with Gasteiger partial charge in [-0.15, -0.1) is 11.3 Å². The van der Waals surface area contributed by atoms with Gasteiger partial charge in [0.05, 0.1) is 11.4 Å². The van der Waals surface area contributed by atoms with Gasteiger partial charge >= 0.3 is 6.18 Å². The summed E-state index contributed by atoms with van der Waals surface area (Å²) in [4.78, 5) is 7.50. The van der Waals surface area contributed by atoms with Gasteiger partial charge < -0.3 is 4.90 Å². The predicted molar refractivity (Wildman–Crippen MR) is 125 cm³/mol. The molecular weight excluding hydrogens is 445 g/mol. The molecule has 3 heterocycles. The summed E-state index contributed by atoms with van der Waals surface area (Å²) in [5, 5.41) is 7.83. The van der Waals surface area contributed by atoms with Gasteiger partial charge in [0.2, 0.25) is 0 Å². The summed E-state index contributed by atoms with van der Waals surface area (Å²) >= 11 is 1.58. The lowest BCUT2D eigenvalue weighted by Crippen LogP contribution is -2.08. The minimum Gasteiger partial charge on any atom is -0.310 e. The highest BCUT2D eigenvalue weighted by Crippen LogP contribution is 2.39. The van der Waals surface area contributed by atoms with E-state index in [0.29, 0.717) is 5.69 Å². The molecule has 0 unspecified atom stereocenters. The number of nitrogens with zero attached hydrogens (tertiary/aromatic N) is 3. The van der Waals surface area contributed by atoms with Crippen molar-refractivity contribution in [1.29, 1.82) is 0 Å². The first kappa shape index (κ1) is 21.0. The molecule has 0 spiro atoms. The molecule has 164 valence electrons. The maximum absolute atomic E-state index is 12.8. The lowest BCUT2D eigenvalue weighted by atomic mass is 10.1. The van der Waals surface area contributed by atoms with E-state index in [-0.39, 0.29) is 5.69 Å². The number of nitrogens with one attached hydrogen (secondary N) is 1. The molecule has 0 aliphatic carbocycles. The molecule has 0 saturated carbocycles. The van der Waals surface area contributed by atoms with Crippen LogP contribution < -0.4 is 4.90 Å². The molecule has 0 atom stereocenters. The van der Waals surface area contributed by atoms with Crippen molar-refractivity contribution < 1.29 is 13.2 Å². The summed E-state index contributed by atoms with van der Waals surface area (Å²) in [5.41, 5.74) is 3.60. The molecule has 0 aliphatic rings. The molecule has 0 radical (unpaired) electrons. The van der Waals surface area contributed by atoms with E-state index in [4.69, 9.17) is 0 Å². The Hall–Kier alpha value is -3.91. The van der Waals surface area contributed by atoms with Crippen LogP contribution in [0.2, 0.25) is 0 Å². The van der Waals surface area contributed by atoms with Crippen molar-refractivity contribution in [2.75, 3.05) is 4.90 Å². The molecular formula is C25H17F3N4S. The average molecular weight is 463 g/mol. The van der Waals surface area contributed by atoms with Crippen LogP contribution in [0.1, 0.15) is 5.69 Å². The van der Waals surface area contributed by atoms with Crippen molar-refractivity contribution >= 4 is 28.4 Å². The number of rotatable bonds is 5. The van der Waals surface area contributed by atoms with Gasteiger partial charge in [-0.25, -0.2) is 0 Å². The second kappa shape index (κ2) is 8.55. The van der Waals surface area contributed by atoms with E-state index in [1.54, 1.807) is 23.6 Å². The number of alkyl halides is 3. The van der Waals surface area contributed by atoms with Crippen molar-refractivity contribution in [1.82, 2.24) is 15.2 Å². The van der Waals surface area contributed by atoms with Gasteiger partial charge in [0.15, 0.2) is 0 Å². The predicted octanol–water partition coefficient (Wildman–Crippen LogP) is 7.69. The Morgan fingerprint density at radius 2 is 1.42 bits per heavy atom. The lowest BCUT2D eigenvalue weighted by molar-refractivity contribution is -0.141. The quantitative estimate of drug-likeness (QED) is 0.291. The number of H-pyrrole nitrogens is 1. The van der Waals surface area contributed by atoms with Crippen molar-refractivity contribution in [3.8, 4) is 21.8 Å². The van der Waals surface area contributed by atoms with Crippen molar-refractivity contribution in [3.05, 3.63) is 102 Å². The van der Waals surface area contributed by atoms with Crippen LogP contribution in [-0.2, 0) is 6.18 Å². The standard InChI is InChI=1S/C25H17F3N4S/c26-25(27,28)24-14-22(30-31-24)21-12-11-17(15-29-21)23-13-20(16-33-23)32(18-7-3-1-4-8-18)19-9-5-2-6-10-19/h1-16H,(H,30,31). The Balaban J connectivity index is 1.44. The van der Waals surface area contributed by atoms with Crippen LogP contribution in [0.3, 0.4) is 0 Å². The fourth-order valence-electron chi connectivity index (χ4n) is 3.49. The molecule has 33 heavy (non-hydrogen) atoms. The van der Waals surface area contributed by atoms with Crippen LogP contribution in [0.5, 0.6) is 0 Å². The molecule has 1 N–H and O–H groups in total. The molecule has 0 saturated heterocycles.